The van der Waals surface area contributed by atoms with Crippen molar-refractivity contribution in [3.05, 3.63) is 83.6 Å². The zero-order valence-electron chi connectivity index (χ0n) is 29.2. The molecule has 0 atom stereocenters. The lowest BCUT2D eigenvalue weighted by molar-refractivity contribution is -0.438. The van der Waals surface area contributed by atoms with E-state index >= 15 is 0 Å². The minimum absolute atomic E-state index is 0.0135. The second kappa shape index (κ2) is 16.9. The number of carbonyl (C=O) groups is 1. The summed E-state index contributed by atoms with van der Waals surface area (Å²) in [7, 11) is -8.50. The summed E-state index contributed by atoms with van der Waals surface area (Å²) in [6.45, 7) is 11.8. The molecule has 2 aromatic carbocycles. The molecule has 0 spiro atoms. The van der Waals surface area contributed by atoms with Gasteiger partial charge < -0.3 is 4.90 Å². The summed E-state index contributed by atoms with van der Waals surface area (Å²) in [6, 6.07) is 10.6. The molecule has 0 aromatic heterocycles. The molecule has 0 saturated heterocycles. The summed E-state index contributed by atoms with van der Waals surface area (Å²) in [4.78, 5) is 15.0. The molecule has 0 aliphatic carbocycles. The Hall–Kier alpha value is -2.80. The largest absolute Gasteiger partial charge is 0.344 e. The first-order chi connectivity index (χ1) is 23.9. The Bertz CT molecular complexity index is 1970. The van der Waals surface area contributed by atoms with Crippen LogP contribution in [0.15, 0.2) is 82.3 Å². The number of allylic oxidation sites excluding steroid dienone is 6. The van der Waals surface area contributed by atoms with Crippen LogP contribution in [0.2, 0.25) is 0 Å². The number of carbonyl (C=O) groups excluding carboxylic acids is 1. The minimum Gasteiger partial charge on any atom is -0.344 e. The van der Waals surface area contributed by atoms with Crippen LogP contribution >= 0.6 is 23.8 Å². The van der Waals surface area contributed by atoms with Crippen LogP contribution in [0.25, 0.3) is 0 Å². The first kappa shape index (κ1) is 41.0. The molecule has 51 heavy (non-hydrogen) atoms. The van der Waals surface area contributed by atoms with Crippen molar-refractivity contribution in [2.24, 2.45) is 0 Å². The van der Waals surface area contributed by atoms with Gasteiger partial charge in [-0.15, -0.1) is 4.33 Å². The Morgan fingerprint density at radius 3 is 2.35 bits per heavy atom. The van der Waals surface area contributed by atoms with Crippen molar-refractivity contribution in [1.29, 1.82) is 0 Å². The maximum Gasteiger partial charge on any atom is 0.294 e. The van der Waals surface area contributed by atoms with Gasteiger partial charge in [-0.25, -0.2) is 5.26 Å². The fourth-order valence-electron chi connectivity index (χ4n) is 6.56. The summed E-state index contributed by atoms with van der Waals surface area (Å²) < 4.78 is 71.2. The molecule has 0 fully saturated rings. The van der Waals surface area contributed by atoms with E-state index in [9.17, 15) is 26.2 Å². The Morgan fingerprint density at radius 2 is 1.69 bits per heavy atom. The molecule has 2 aliphatic heterocycles. The number of fused-ring (bicyclic) bond motifs is 2. The lowest BCUT2D eigenvalue weighted by Gasteiger charge is -2.25. The lowest BCUT2D eigenvalue weighted by atomic mass is 9.81. The monoisotopic (exact) mass is 781 g/mol. The van der Waals surface area contributed by atoms with E-state index in [-0.39, 0.29) is 27.6 Å². The number of nitrogens with zero attached hydrogens (tertiary/aromatic N) is 2. The Labute approximate surface area is 308 Å². The number of benzene rings is 2. The molecule has 0 bridgehead atoms. The van der Waals surface area contributed by atoms with E-state index < -0.39 is 31.4 Å². The molecule has 0 amide bonds. The summed E-state index contributed by atoms with van der Waals surface area (Å²) >= 11 is 1.82. The molecule has 278 valence electrons. The average Bonchev–Trinajstić information content (AvgIpc) is 3.39. The predicted octanol–water partition coefficient (Wildman–Crippen LogP) is 7.26. The van der Waals surface area contributed by atoms with Gasteiger partial charge >= 0.3 is 0 Å². The molecule has 16 heteroatoms. The molecule has 0 radical (unpaired) electrons. The Kier molecular flexibility index (Phi) is 13.6. The van der Waals surface area contributed by atoms with Gasteiger partial charge in [-0.1, -0.05) is 48.9 Å². The van der Waals surface area contributed by atoms with E-state index in [1.54, 1.807) is 6.07 Å². The third kappa shape index (κ3) is 10.00. The zero-order chi connectivity index (χ0) is 37.6. The number of thioether (sulfide) groups is 1. The average molecular weight is 782 g/mol. The highest BCUT2D eigenvalue weighted by Crippen LogP contribution is 2.49. The Morgan fingerprint density at radius 1 is 0.941 bits per heavy atom. The van der Waals surface area contributed by atoms with Gasteiger partial charge in [-0.05, 0) is 75.6 Å². The van der Waals surface area contributed by atoms with Crippen molar-refractivity contribution >= 4 is 66.2 Å². The maximum absolute atomic E-state index is 12.2. The normalized spacial score (nSPS) is 17.6. The quantitative estimate of drug-likeness (QED) is 0.0279. The number of hydrogen-bond donors (Lipinski definition) is 3. The van der Waals surface area contributed by atoms with Crippen molar-refractivity contribution in [3.63, 3.8) is 0 Å². The minimum atomic E-state index is -4.40. The van der Waals surface area contributed by atoms with Crippen molar-refractivity contribution in [1.82, 2.24) is 0 Å². The van der Waals surface area contributed by atoms with Crippen LogP contribution in [-0.2, 0) is 45.2 Å². The fourth-order valence-corrected chi connectivity index (χ4v) is 9.16. The van der Waals surface area contributed by atoms with E-state index in [0.29, 0.717) is 13.0 Å². The third-order valence-electron chi connectivity index (χ3n) is 9.10. The van der Waals surface area contributed by atoms with Crippen LogP contribution in [0, 0.1) is 0 Å². The summed E-state index contributed by atoms with van der Waals surface area (Å²) in [6.07, 6.45) is 12.4. The number of hydrogen-bond acceptors (Lipinski definition) is 11. The van der Waals surface area contributed by atoms with Gasteiger partial charge in [0.2, 0.25) is 5.69 Å². The van der Waals surface area contributed by atoms with Gasteiger partial charge in [0, 0.05) is 64.5 Å². The lowest BCUT2D eigenvalue weighted by Crippen LogP contribution is -2.28. The first-order valence-electron chi connectivity index (χ1n) is 16.4. The maximum atomic E-state index is 12.2. The molecule has 4 rings (SSSR count). The van der Waals surface area contributed by atoms with E-state index in [4.69, 9.17) is 9.81 Å². The highest BCUT2D eigenvalue weighted by molar-refractivity contribution is 8.14. The fraction of sp³-hybridized carbons (Fsp3) is 0.429. The number of rotatable bonds is 17. The topological polar surface area (TPSA) is 171 Å². The van der Waals surface area contributed by atoms with Gasteiger partial charge in [0.25, 0.3) is 20.2 Å². The standard InChI is InChI=1S/C35H44N2O10S4/c1-6-36-29-18-16-25(49-47-46-39)23-27(29)34(2,3)31(36)13-9-7-10-14-32-35(4,5)28-24-26(51(43,44)45)17-19-30(28)37(32)20-12-8-11-15-33(38)48-21-22-50(40,41)42/h7,9-10,13-14,16-19,23-24H,6,8,11-12,15,20-22H2,1-5H3,(H2-,39,40,41,42,43,44,45)/p+1. The van der Waals surface area contributed by atoms with Crippen molar-refractivity contribution < 1.29 is 49.9 Å². The van der Waals surface area contributed by atoms with Gasteiger partial charge in [-0.3, -0.25) is 13.9 Å². The molecule has 12 nitrogen and oxygen atoms in total. The van der Waals surface area contributed by atoms with Gasteiger partial charge in [0.15, 0.2) is 10.8 Å². The second-order valence-corrected chi connectivity index (χ2v) is 18.1. The second-order valence-electron chi connectivity index (χ2n) is 13.2. The molecule has 3 N–H and O–H groups in total. The third-order valence-corrected chi connectivity index (χ3v) is 12.4. The number of anilines is 1. The van der Waals surface area contributed by atoms with Gasteiger partial charge in [0.1, 0.15) is 6.54 Å². The van der Waals surface area contributed by atoms with E-state index in [0.717, 1.165) is 82.0 Å². The first-order valence-corrected chi connectivity index (χ1v) is 21.2. The van der Waals surface area contributed by atoms with Crippen LogP contribution in [-0.4, -0.2) is 71.2 Å². The predicted molar refractivity (Wildman–Crippen MR) is 201 cm³/mol. The van der Waals surface area contributed by atoms with Gasteiger partial charge in [0.05, 0.1) is 28.1 Å². The van der Waals surface area contributed by atoms with E-state index in [1.165, 1.54) is 12.1 Å². The van der Waals surface area contributed by atoms with Gasteiger partial charge in [-0.2, -0.15) is 21.4 Å². The van der Waals surface area contributed by atoms with Crippen LogP contribution in [0.1, 0.15) is 71.4 Å². The van der Waals surface area contributed by atoms with Crippen LogP contribution in [0.4, 0.5) is 11.4 Å². The molecule has 0 unspecified atom stereocenters. The molecular weight excluding hydrogens is 737 g/mol. The van der Waals surface area contributed by atoms with Crippen molar-refractivity contribution in [2.45, 2.75) is 80.9 Å². The highest BCUT2D eigenvalue weighted by Gasteiger charge is 2.45. The SMILES string of the molecule is CCN1C(=CC=CC=CC2=[N+](CCCCCC(=O)SCCS(=O)(=O)O)c3ccc(S(=O)(=O)O)cc3C2(C)C)C(C)(C)c2cc(SOOO)ccc21. The number of likely N-dealkylation sites (N-methyl/N-ethyl adjacent to an activating group) is 1. The molecule has 2 aromatic rings. The van der Waals surface area contributed by atoms with Crippen molar-refractivity contribution in [3.8, 4) is 0 Å². The van der Waals surface area contributed by atoms with E-state index in [1.807, 2.05) is 56.4 Å². The van der Waals surface area contributed by atoms with E-state index in [2.05, 4.69) is 45.7 Å². The molecule has 0 saturated carbocycles. The number of unbranched alkanes of at least 4 members (excludes halogenated alkanes) is 2. The van der Waals surface area contributed by atoms with Crippen LogP contribution in [0.5, 0.6) is 0 Å². The Balaban J connectivity index is 1.53. The summed E-state index contributed by atoms with van der Waals surface area (Å²) in [5, 5.41) is 12.2. The summed E-state index contributed by atoms with van der Waals surface area (Å²) in [5.41, 5.74) is 4.97. The van der Waals surface area contributed by atoms with Crippen LogP contribution in [0.3, 0.4) is 0 Å². The molecule has 2 aliphatic rings. The van der Waals surface area contributed by atoms with Crippen LogP contribution < -0.4 is 4.90 Å². The molecular formula is C35H45N2O10S4+. The molecule has 2 heterocycles. The smallest absolute Gasteiger partial charge is 0.294 e. The van der Waals surface area contributed by atoms with Crippen molar-refractivity contribution in [2.75, 3.05) is 29.5 Å². The highest BCUT2D eigenvalue weighted by atomic mass is 32.2. The zero-order valence-corrected chi connectivity index (χ0v) is 32.5. The summed E-state index contributed by atoms with van der Waals surface area (Å²) in [5.74, 6) is -0.450.